The molecule has 6 heteroatoms. The number of nitrogens with one attached hydrogen (secondary N) is 1. The Labute approximate surface area is 105 Å². The topological polar surface area (TPSA) is 91.7 Å². The molecule has 0 amide bonds. The van der Waals surface area contributed by atoms with Crippen molar-refractivity contribution in [1.82, 2.24) is 4.98 Å². The van der Waals surface area contributed by atoms with Crippen LogP contribution in [-0.4, -0.2) is 46.5 Å². The molecule has 0 bridgehead atoms. The number of anilines is 1. The van der Waals surface area contributed by atoms with Crippen LogP contribution in [-0.2, 0) is 4.74 Å². The van der Waals surface area contributed by atoms with E-state index in [4.69, 9.17) is 9.84 Å². The number of nitrogens with zero attached hydrogens (tertiary/aromatic N) is 1. The third-order valence-corrected chi connectivity index (χ3v) is 3.00. The molecular weight excluding hydrogens is 236 g/mol. The molecule has 1 aliphatic heterocycles. The molecule has 1 unspecified atom stereocenters. The first-order valence-corrected chi connectivity index (χ1v) is 5.75. The van der Waals surface area contributed by atoms with Gasteiger partial charge < -0.3 is 20.3 Å². The first kappa shape index (κ1) is 12.8. The van der Waals surface area contributed by atoms with Gasteiger partial charge in [-0.25, -0.2) is 9.78 Å². The lowest BCUT2D eigenvalue weighted by Crippen LogP contribution is -2.37. The number of hydrogen-bond acceptors (Lipinski definition) is 5. The lowest BCUT2D eigenvalue weighted by Gasteiger charge is -2.21. The van der Waals surface area contributed by atoms with E-state index in [0.717, 1.165) is 0 Å². The first-order chi connectivity index (χ1) is 8.50. The van der Waals surface area contributed by atoms with Gasteiger partial charge in [0.05, 0.1) is 17.9 Å². The second kappa shape index (κ2) is 4.91. The van der Waals surface area contributed by atoms with Crippen LogP contribution in [0.2, 0.25) is 0 Å². The molecule has 0 aromatic carbocycles. The van der Waals surface area contributed by atoms with Crippen LogP contribution in [0.5, 0.6) is 0 Å². The van der Waals surface area contributed by atoms with Crippen LogP contribution < -0.4 is 5.32 Å². The summed E-state index contributed by atoms with van der Waals surface area (Å²) in [5, 5.41) is 21.9. The highest BCUT2D eigenvalue weighted by molar-refractivity contribution is 5.89. The predicted molar refractivity (Wildman–Crippen MR) is 64.8 cm³/mol. The van der Waals surface area contributed by atoms with E-state index in [9.17, 15) is 9.90 Å². The van der Waals surface area contributed by atoms with Crippen molar-refractivity contribution < 1.29 is 19.7 Å². The zero-order chi connectivity index (χ0) is 13.2. The van der Waals surface area contributed by atoms with E-state index >= 15 is 0 Å². The minimum Gasteiger partial charge on any atom is -0.478 e. The second-order valence-electron chi connectivity index (χ2n) is 4.52. The van der Waals surface area contributed by atoms with E-state index < -0.39 is 11.6 Å². The Morgan fingerprint density at radius 1 is 1.61 bits per heavy atom. The largest absolute Gasteiger partial charge is 0.478 e. The van der Waals surface area contributed by atoms with Gasteiger partial charge in [0.15, 0.2) is 0 Å². The molecule has 0 saturated carbocycles. The van der Waals surface area contributed by atoms with E-state index in [2.05, 4.69) is 10.3 Å². The third kappa shape index (κ3) is 2.77. The minimum absolute atomic E-state index is 0.184. The highest BCUT2D eigenvalue weighted by Gasteiger charge is 2.31. The van der Waals surface area contributed by atoms with Crippen LogP contribution in [0, 0.1) is 6.92 Å². The maximum Gasteiger partial charge on any atom is 0.337 e. The van der Waals surface area contributed by atoms with Gasteiger partial charge in [-0.15, -0.1) is 0 Å². The summed E-state index contributed by atoms with van der Waals surface area (Å²) in [5.41, 5.74) is -0.230. The van der Waals surface area contributed by atoms with Gasteiger partial charge in [0, 0.05) is 19.6 Å². The van der Waals surface area contributed by atoms with E-state index in [1.54, 1.807) is 13.0 Å². The van der Waals surface area contributed by atoms with Gasteiger partial charge >= 0.3 is 5.97 Å². The summed E-state index contributed by atoms with van der Waals surface area (Å²) in [6.45, 7) is 2.85. The summed E-state index contributed by atoms with van der Waals surface area (Å²) in [4.78, 5) is 15.0. The van der Waals surface area contributed by atoms with Gasteiger partial charge in [-0.2, -0.15) is 0 Å². The Morgan fingerprint density at radius 3 is 2.94 bits per heavy atom. The van der Waals surface area contributed by atoms with Gasteiger partial charge in [0.25, 0.3) is 0 Å². The zero-order valence-corrected chi connectivity index (χ0v) is 10.1. The normalized spacial score (nSPS) is 23.0. The molecule has 98 valence electrons. The van der Waals surface area contributed by atoms with Crippen molar-refractivity contribution in [3.8, 4) is 0 Å². The Bertz CT molecular complexity index is 455. The second-order valence-corrected chi connectivity index (χ2v) is 4.52. The summed E-state index contributed by atoms with van der Waals surface area (Å²) >= 11 is 0. The Kier molecular flexibility index (Phi) is 3.49. The van der Waals surface area contributed by atoms with E-state index in [1.807, 2.05) is 0 Å². The quantitative estimate of drug-likeness (QED) is 0.728. The van der Waals surface area contributed by atoms with Crippen molar-refractivity contribution in [3.05, 3.63) is 23.4 Å². The molecule has 6 nitrogen and oxygen atoms in total. The number of pyridine rings is 1. The summed E-state index contributed by atoms with van der Waals surface area (Å²) in [7, 11) is 0. The fourth-order valence-corrected chi connectivity index (χ4v) is 1.88. The van der Waals surface area contributed by atoms with Crippen LogP contribution in [0.4, 0.5) is 5.82 Å². The average molecular weight is 252 g/mol. The number of carboxylic acids is 1. The van der Waals surface area contributed by atoms with Crippen molar-refractivity contribution in [2.45, 2.75) is 18.9 Å². The first-order valence-electron chi connectivity index (χ1n) is 5.75. The van der Waals surface area contributed by atoms with E-state index in [1.165, 1.54) is 6.07 Å². The number of carbonyl (C=O) groups is 1. The Balaban J connectivity index is 2.02. The van der Waals surface area contributed by atoms with Gasteiger partial charge in [0.2, 0.25) is 0 Å². The molecule has 18 heavy (non-hydrogen) atoms. The summed E-state index contributed by atoms with van der Waals surface area (Å²) in [6, 6.07) is 3.10. The SMILES string of the molecule is Cc1nc(NCC2(O)CCOC2)ccc1C(=O)O. The molecule has 0 radical (unpaired) electrons. The lowest BCUT2D eigenvalue weighted by atomic mass is 10.0. The van der Waals surface area contributed by atoms with Crippen molar-refractivity contribution in [1.29, 1.82) is 0 Å². The van der Waals surface area contributed by atoms with Crippen molar-refractivity contribution in [2.75, 3.05) is 25.1 Å². The minimum atomic E-state index is -0.991. The molecule has 1 saturated heterocycles. The molecule has 2 heterocycles. The lowest BCUT2D eigenvalue weighted by molar-refractivity contribution is 0.0381. The number of aryl methyl sites for hydroxylation is 1. The van der Waals surface area contributed by atoms with Gasteiger partial charge in [0.1, 0.15) is 11.4 Å². The van der Waals surface area contributed by atoms with Crippen LogP contribution in [0.15, 0.2) is 12.1 Å². The Morgan fingerprint density at radius 2 is 2.39 bits per heavy atom. The summed E-state index contributed by atoms with van der Waals surface area (Å²) in [5.74, 6) is -0.438. The van der Waals surface area contributed by atoms with Crippen LogP contribution >= 0.6 is 0 Å². The highest BCUT2D eigenvalue weighted by atomic mass is 16.5. The molecular formula is C12H16N2O4. The highest BCUT2D eigenvalue weighted by Crippen LogP contribution is 2.19. The number of aromatic nitrogens is 1. The van der Waals surface area contributed by atoms with Crippen LogP contribution in [0.25, 0.3) is 0 Å². The maximum absolute atomic E-state index is 10.8. The molecule has 0 aliphatic carbocycles. The number of carboxylic acid groups (broad SMARTS) is 1. The summed E-state index contributed by atoms with van der Waals surface area (Å²) in [6.07, 6.45) is 0.589. The molecule has 3 N–H and O–H groups in total. The number of aromatic carboxylic acids is 1. The van der Waals surface area contributed by atoms with Crippen LogP contribution in [0.3, 0.4) is 0 Å². The molecule has 1 aromatic heterocycles. The molecule has 1 aliphatic rings. The van der Waals surface area contributed by atoms with Gasteiger partial charge in [-0.1, -0.05) is 0 Å². The van der Waals surface area contributed by atoms with Gasteiger partial charge in [-0.05, 0) is 19.1 Å². The predicted octanol–water partition coefficient (Wildman–Crippen LogP) is 0.652. The number of rotatable bonds is 4. The third-order valence-electron chi connectivity index (χ3n) is 3.00. The Hall–Kier alpha value is -1.66. The summed E-state index contributed by atoms with van der Waals surface area (Å²) < 4.78 is 5.13. The average Bonchev–Trinajstić information content (AvgIpc) is 2.74. The number of hydrogen-bond donors (Lipinski definition) is 3. The molecule has 0 spiro atoms. The fraction of sp³-hybridized carbons (Fsp3) is 0.500. The molecule has 1 fully saturated rings. The van der Waals surface area contributed by atoms with E-state index in [-0.39, 0.29) is 5.56 Å². The standard InChI is InChI=1S/C12H16N2O4/c1-8-9(11(15)16)2-3-10(14-8)13-6-12(17)4-5-18-7-12/h2-3,17H,4-7H2,1H3,(H,13,14)(H,15,16). The van der Waals surface area contributed by atoms with Crippen molar-refractivity contribution in [3.63, 3.8) is 0 Å². The molecule has 1 aromatic rings. The van der Waals surface area contributed by atoms with Crippen molar-refractivity contribution >= 4 is 11.8 Å². The van der Waals surface area contributed by atoms with Crippen molar-refractivity contribution in [2.24, 2.45) is 0 Å². The number of aliphatic hydroxyl groups is 1. The fourth-order valence-electron chi connectivity index (χ4n) is 1.88. The number of ether oxygens (including phenoxy) is 1. The van der Waals surface area contributed by atoms with Crippen LogP contribution in [0.1, 0.15) is 22.5 Å². The van der Waals surface area contributed by atoms with Gasteiger partial charge in [-0.3, -0.25) is 0 Å². The molecule has 1 atom stereocenters. The maximum atomic E-state index is 10.8. The molecule has 2 rings (SSSR count). The zero-order valence-electron chi connectivity index (χ0n) is 10.1. The monoisotopic (exact) mass is 252 g/mol. The smallest absolute Gasteiger partial charge is 0.337 e. The van der Waals surface area contributed by atoms with E-state index in [0.29, 0.717) is 37.7 Å².